The summed E-state index contributed by atoms with van der Waals surface area (Å²) in [6, 6.07) is 8.25. The molecular weight excluding hydrogens is 597 g/mol. The predicted octanol–water partition coefficient (Wildman–Crippen LogP) is 2.98. The van der Waals surface area contributed by atoms with Gasteiger partial charge in [0.15, 0.2) is 14.6 Å². The Kier molecular flexibility index (Phi) is 9.02. The van der Waals surface area contributed by atoms with Crippen LogP contribution in [0.1, 0.15) is 49.9 Å². The van der Waals surface area contributed by atoms with E-state index in [0.717, 1.165) is 6.26 Å². The van der Waals surface area contributed by atoms with Crippen molar-refractivity contribution in [3.05, 3.63) is 53.3 Å². The molecule has 0 spiro atoms. The Bertz CT molecular complexity index is 1710. The molecule has 226 valence electrons. The molecule has 1 aromatic heterocycles. The van der Waals surface area contributed by atoms with Crippen LogP contribution in [0.2, 0.25) is 0 Å². The number of para-hydroxylation sites is 1. The Morgan fingerprint density at radius 1 is 1.23 bits per heavy atom. The van der Waals surface area contributed by atoms with Gasteiger partial charge in [0.2, 0.25) is 0 Å². The van der Waals surface area contributed by atoms with Crippen molar-refractivity contribution < 1.29 is 42.2 Å². The Hall–Kier alpha value is -4.16. The summed E-state index contributed by atoms with van der Waals surface area (Å²) in [5.41, 5.74) is 2.45. The Balaban J connectivity index is 1.42. The Labute approximate surface area is 250 Å². The van der Waals surface area contributed by atoms with Gasteiger partial charge in [0.1, 0.15) is 5.75 Å². The third-order valence-corrected chi connectivity index (χ3v) is 10.6. The maximum Gasteiger partial charge on any atom is 0.395 e. The van der Waals surface area contributed by atoms with E-state index < -0.39 is 46.6 Å². The van der Waals surface area contributed by atoms with Gasteiger partial charge in [-0.3, -0.25) is 19.4 Å². The minimum absolute atomic E-state index is 0.0273. The van der Waals surface area contributed by atoms with Crippen molar-refractivity contribution in [3.8, 4) is 29.4 Å². The van der Waals surface area contributed by atoms with Crippen molar-refractivity contribution in [3.63, 3.8) is 0 Å². The number of aromatic nitrogens is 1. The van der Waals surface area contributed by atoms with Crippen LogP contribution in [0.3, 0.4) is 0 Å². The summed E-state index contributed by atoms with van der Waals surface area (Å²) >= 11 is 0. The number of benzene rings is 1. The molecule has 12 nitrogen and oxygen atoms in total. The molecule has 1 aliphatic heterocycles. The van der Waals surface area contributed by atoms with Gasteiger partial charge in [-0.25, -0.2) is 23.3 Å². The third-order valence-electron chi connectivity index (χ3n) is 8.28. The molecule has 2 amide bonds. The normalized spacial score (nSPS) is 20.0. The lowest BCUT2D eigenvalue weighted by molar-refractivity contribution is -0.138. The molecule has 2 heterocycles. The fourth-order valence-corrected chi connectivity index (χ4v) is 6.57. The van der Waals surface area contributed by atoms with Gasteiger partial charge >= 0.3 is 20.7 Å². The van der Waals surface area contributed by atoms with Crippen LogP contribution in [0.4, 0.5) is 4.79 Å². The highest BCUT2D eigenvalue weighted by Crippen LogP contribution is 2.55. The molecule has 0 saturated heterocycles. The minimum atomic E-state index is -3.89. The standard InChI is InChI=1S/C29H30N3O9PS/c1-28(16-25(33)34,22-10-6-7-11-24(22)41-42-38)23-15-20(23)9-5-4-8-19-14-21-18-31(27(36)32(21)17-19)13-12-29(2,26(35)30-37)43(3,39)40/h6-7,10-11,14,17,20,23,37H,12-13,15-16,18H2,1-3H3,(H,30,35)(H,33,34)/t20-,23-,28?,29+/m0/s1. The molecule has 1 aliphatic carbocycles. The number of aliphatic carboxylic acids is 1. The van der Waals surface area contributed by atoms with Crippen LogP contribution in [-0.4, -0.2) is 63.7 Å². The largest absolute Gasteiger partial charge is 0.481 e. The molecule has 4 atom stereocenters. The molecule has 0 bridgehead atoms. The average molecular weight is 628 g/mol. The van der Waals surface area contributed by atoms with Crippen molar-refractivity contribution in [2.75, 3.05) is 12.8 Å². The van der Waals surface area contributed by atoms with Crippen molar-refractivity contribution in [2.45, 2.75) is 49.8 Å². The number of sulfone groups is 1. The highest BCUT2D eigenvalue weighted by molar-refractivity contribution is 7.92. The molecule has 1 fully saturated rings. The van der Waals surface area contributed by atoms with Crippen molar-refractivity contribution in [2.24, 2.45) is 11.8 Å². The van der Waals surface area contributed by atoms with Crippen molar-refractivity contribution in [1.82, 2.24) is 14.9 Å². The number of carboxylic acids is 1. The monoisotopic (exact) mass is 627 g/mol. The van der Waals surface area contributed by atoms with E-state index in [4.69, 9.17) is 9.73 Å². The topological polar surface area (TPSA) is 172 Å². The van der Waals surface area contributed by atoms with Crippen LogP contribution in [0, 0.1) is 35.5 Å². The van der Waals surface area contributed by atoms with Gasteiger partial charge in [-0.2, -0.15) is 0 Å². The van der Waals surface area contributed by atoms with Crippen LogP contribution in [0.15, 0.2) is 36.5 Å². The van der Waals surface area contributed by atoms with Crippen LogP contribution in [0.25, 0.3) is 0 Å². The quantitative estimate of drug-likeness (QED) is 0.147. The number of nitrogens with zero attached hydrogens (tertiary/aromatic N) is 2. The number of amides is 2. The Morgan fingerprint density at radius 2 is 1.95 bits per heavy atom. The summed E-state index contributed by atoms with van der Waals surface area (Å²) in [5, 5.41) is 18.6. The van der Waals surface area contributed by atoms with E-state index >= 15 is 0 Å². The zero-order valence-corrected chi connectivity index (χ0v) is 25.4. The van der Waals surface area contributed by atoms with E-state index in [9.17, 15) is 32.5 Å². The fourth-order valence-electron chi connectivity index (χ4n) is 5.49. The van der Waals surface area contributed by atoms with Crippen molar-refractivity contribution >= 4 is 36.4 Å². The summed E-state index contributed by atoms with van der Waals surface area (Å²) in [6.07, 6.45) is 2.76. The van der Waals surface area contributed by atoms with E-state index in [1.165, 1.54) is 21.9 Å². The number of carboxylic acid groups (broad SMARTS) is 1. The second-order valence-corrected chi connectivity index (χ2v) is 13.9. The minimum Gasteiger partial charge on any atom is -0.481 e. The van der Waals surface area contributed by atoms with E-state index in [0.29, 0.717) is 29.0 Å². The lowest BCUT2D eigenvalue weighted by Gasteiger charge is -2.30. The van der Waals surface area contributed by atoms with Gasteiger partial charge in [-0.15, -0.1) is 0 Å². The predicted molar refractivity (Wildman–Crippen MR) is 154 cm³/mol. The zero-order chi connectivity index (χ0) is 31.6. The zero-order valence-electron chi connectivity index (χ0n) is 23.7. The lowest BCUT2D eigenvalue weighted by Crippen LogP contribution is -2.50. The van der Waals surface area contributed by atoms with E-state index in [1.54, 1.807) is 36.5 Å². The third kappa shape index (κ3) is 6.45. The highest BCUT2D eigenvalue weighted by atomic mass is 32.2. The maximum atomic E-state index is 12.9. The SMILES string of the molecule is CC(CC(=O)O)(c1ccccc1OP=O)[C@H]1C[C@@H]1C#CC#Cc1cc2n(c1)C(=O)N(CC[C@](C)(C(=O)NO)S(C)(=O)=O)C2. The first kappa shape index (κ1) is 31.8. The van der Waals surface area contributed by atoms with Gasteiger partial charge in [-0.05, 0) is 49.7 Å². The van der Waals surface area contributed by atoms with Gasteiger partial charge < -0.3 is 14.5 Å². The summed E-state index contributed by atoms with van der Waals surface area (Å²) < 4.78 is 40.2. The summed E-state index contributed by atoms with van der Waals surface area (Å²) in [6.45, 7) is 3.20. The molecule has 0 radical (unpaired) electrons. The molecule has 43 heavy (non-hydrogen) atoms. The van der Waals surface area contributed by atoms with Gasteiger partial charge in [0.05, 0.1) is 13.0 Å². The number of hydrogen-bond donors (Lipinski definition) is 3. The maximum absolute atomic E-state index is 12.9. The molecule has 1 aromatic carbocycles. The molecule has 2 aromatic rings. The molecule has 4 rings (SSSR count). The number of rotatable bonds is 11. The molecule has 2 aliphatic rings. The number of hydrogen-bond acceptors (Lipinski definition) is 8. The Morgan fingerprint density at radius 3 is 2.58 bits per heavy atom. The lowest BCUT2D eigenvalue weighted by atomic mass is 9.74. The van der Waals surface area contributed by atoms with E-state index in [1.807, 2.05) is 6.92 Å². The number of hydroxylamine groups is 1. The second-order valence-electron chi connectivity index (χ2n) is 11.1. The second kappa shape index (κ2) is 12.2. The summed E-state index contributed by atoms with van der Waals surface area (Å²) in [7, 11) is -4.42. The first-order valence-electron chi connectivity index (χ1n) is 13.2. The van der Waals surface area contributed by atoms with Crippen molar-refractivity contribution in [1.29, 1.82) is 0 Å². The highest BCUT2D eigenvalue weighted by Gasteiger charge is 2.52. The van der Waals surface area contributed by atoms with Gasteiger partial charge in [-0.1, -0.05) is 37.0 Å². The van der Waals surface area contributed by atoms with Gasteiger partial charge in [0.25, 0.3) is 5.91 Å². The fraction of sp³-hybridized carbons (Fsp3) is 0.414. The van der Waals surface area contributed by atoms with Gasteiger partial charge in [0, 0.05) is 47.2 Å². The van der Waals surface area contributed by atoms with Crippen LogP contribution in [0.5, 0.6) is 5.75 Å². The smallest absolute Gasteiger partial charge is 0.395 e. The molecule has 14 heteroatoms. The number of carbonyl (C=O) groups is 3. The first-order chi connectivity index (χ1) is 20.2. The molecule has 1 saturated carbocycles. The number of fused-ring (bicyclic) bond motifs is 1. The molecule has 3 N–H and O–H groups in total. The van der Waals surface area contributed by atoms with Crippen LogP contribution < -0.4 is 10.0 Å². The molecule has 1 unspecified atom stereocenters. The summed E-state index contributed by atoms with van der Waals surface area (Å²) in [5.74, 6) is 9.79. The van der Waals surface area contributed by atoms with Crippen LogP contribution >= 0.6 is 8.69 Å². The molecular formula is C29H30N3O9PS. The number of carbonyl (C=O) groups excluding carboxylic acids is 2. The first-order valence-corrected chi connectivity index (χ1v) is 15.8. The average Bonchev–Trinajstić information content (AvgIpc) is 3.54. The number of nitrogens with one attached hydrogen (secondary N) is 1. The summed E-state index contributed by atoms with van der Waals surface area (Å²) in [4.78, 5) is 38.1. The van der Waals surface area contributed by atoms with E-state index in [2.05, 4.69) is 23.7 Å². The van der Waals surface area contributed by atoms with Crippen LogP contribution in [-0.2, 0) is 36.0 Å². The van der Waals surface area contributed by atoms with E-state index in [-0.39, 0.29) is 37.8 Å².